The average Bonchev–Trinajstić information content (AvgIpc) is 2.87. The van der Waals surface area contributed by atoms with Crippen LogP contribution in [0, 0.1) is 0 Å². The molecule has 1 atom stereocenters. The van der Waals surface area contributed by atoms with Gasteiger partial charge in [-0.15, -0.1) is 0 Å². The van der Waals surface area contributed by atoms with E-state index in [4.69, 9.17) is 4.74 Å². The molecule has 2 aromatic rings. The number of aliphatic hydroxyl groups is 1. The SMILES string of the molecule is CCn1ccnc1C(O)Cc1ccccc1OC. The van der Waals surface area contributed by atoms with E-state index in [1.54, 1.807) is 13.3 Å². The van der Waals surface area contributed by atoms with Gasteiger partial charge in [-0.05, 0) is 18.6 Å². The van der Waals surface area contributed by atoms with Crippen molar-refractivity contribution in [3.8, 4) is 5.75 Å². The molecule has 0 aliphatic heterocycles. The first kappa shape index (κ1) is 12.6. The summed E-state index contributed by atoms with van der Waals surface area (Å²) in [5.74, 6) is 1.49. The number of aryl methyl sites for hydroxylation is 1. The van der Waals surface area contributed by atoms with E-state index in [9.17, 15) is 5.11 Å². The molecule has 0 aliphatic rings. The van der Waals surface area contributed by atoms with Crippen LogP contribution in [0.2, 0.25) is 0 Å². The standard InChI is InChI=1S/C14H18N2O2/c1-3-16-9-8-15-14(16)12(17)10-11-6-4-5-7-13(11)18-2/h4-9,12,17H,3,10H2,1-2H3. The summed E-state index contributed by atoms with van der Waals surface area (Å²) in [6.45, 7) is 2.83. The first-order valence-corrected chi connectivity index (χ1v) is 6.07. The van der Waals surface area contributed by atoms with E-state index in [0.717, 1.165) is 17.9 Å². The number of hydrogen-bond donors (Lipinski definition) is 1. The average molecular weight is 246 g/mol. The van der Waals surface area contributed by atoms with Crippen LogP contribution in [0.3, 0.4) is 0 Å². The Labute approximate surface area is 107 Å². The van der Waals surface area contributed by atoms with Crippen LogP contribution < -0.4 is 4.74 Å². The lowest BCUT2D eigenvalue weighted by Gasteiger charge is -2.14. The highest BCUT2D eigenvalue weighted by Crippen LogP contribution is 2.24. The minimum Gasteiger partial charge on any atom is -0.496 e. The highest BCUT2D eigenvalue weighted by molar-refractivity contribution is 5.34. The molecule has 0 aliphatic carbocycles. The van der Waals surface area contributed by atoms with Crippen molar-refractivity contribution < 1.29 is 9.84 Å². The van der Waals surface area contributed by atoms with Crippen molar-refractivity contribution >= 4 is 0 Å². The van der Waals surface area contributed by atoms with Gasteiger partial charge in [0.1, 0.15) is 17.7 Å². The first-order chi connectivity index (χ1) is 8.76. The van der Waals surface area contributed by atoms with E-state index < -0.39 is 6.10 Å². The Morgan fingerprint density at radius 1 is 1.39 bits per heavy atom. The van der Waals surface area contributed by atoms with Crippen LogP contribution in [-0.2, 0) is 13.0 Å². The molecule has 1 aromatic heterocycles. The fraction of sp³-hybridized carbons (Fsp3) is 0.357. The Hall–Kier alpha value is -1.81. The maximum absolute atomic E-state index is 10.3. The smallest absolute Gasteiger partial charge is 0.137 e. The van der Waals surface area contributed by atoms with Crippen molar-refractivity contribution in [2.24, 2.45) is 0 Å². The third-order valence-electron chi connectivity index (χ3n) is 2.99. The van der Waals surface area contributed by atoms with Crippen LogP contribution in [-0.4, -0.2) is 21.8 Å². The number of ether oxygens (including phenoxy) is 1. The third kappa shape index (κ3) is 2.54. The molecule has 1 aromatic carbocycles. The van der Waals surface area contributed by atoms with E-state index in [0.29, 0.717) is 12.2 Å². The summed E-state index contributed by atoms with van der Waals surface area (Å²) in [5.41, 5.74) is 0.984. The normalized spacial score (nSPS) is 12.4. The molecule has 0 bridgehead atoms. The van der Waals surface area contributed by atoms with Crippen LogP contribution in [0.15, 0.2) is 36.7 Å². The zero-order valence-electron chi connectivity index (χ0n) is 10.7. The molecule has 96 valence electrons. The number of nitrogens with zero attached hydrogens (tertiary/aromatic N) is 2. The molecular formula is C14H18N2O2. The molecule has 0 saturated carbocycles. The quantitative estimate of drug-likeness (QED) is 0.879. The highest BCUT2D eigenvalue weighted by Gasteiger charge is 2.15. The van der Waals surface area contributed by atoms with Gasteiger partial charge in [-0.1, -0.05) is 18.2 Å². The third-order valence-corrected chi connectivity index (χ3v) is 2.99. The van der Waals surface area contributed by atoms with E-state index in [1.807, 2.05) is 42.0 Å². The lowest BCUT2D eigenvalue weighted by molar-refractivity contribution is 0.162. The molecule has 1 unspecified atom stereocenters. The van der Waals surface area contributed by atoms with E-state index >= 15 is 0 Å². The van der Waals surface area contributed by atoms with Gasteiger partial charge in [0.05, 0.1) is 7.11 Å². The molecule has 0 spiro atoms. The topological polar surface area (TPSA) is 47.3 Å². The van der Waals surface area contributed by atoms with Gasteiger partial charge in [-0.2, -0.15) is 0 Å². The summed E-state index contributed by atoms with van der Waals surface area (Å²) < 4.78 is 7.23. The number of rotatable bonds is 5. The van der Waals surface area contributed by atoms with Gasteiger partial charge >= 0.3 is 0 Å². The van der Waals surface area contributed by atoms with Gasteiger partial charge in [0.2, 0.25) is 0 Å². The number of para-hydroxylation sites is 1. The summed E-state index contributed by atoms with van der Waals surface area (Å²) in [7, 11) is 1.64. The largest absolute Gasteiger partial charge is 0.496 e. The lowest BCUT2D eigenvalue weighted by atomic mass is 10.1. The molecule has 1 N–H and O–H groups in total. The molecule has 4 heteroatoms. The van der Waals surface area contributed by atoms with Gasteiger partial charge in [-0.25, -0.2) is 4.98 Å². The second-order valence-electron chi connectivity index (χ2n) is 4.10. The second kappa shape index (κ2) is 5.69. The van der Waals surface area contributed by atoms with Crippen molar-refractivity contribution in [3.05, 3.63) is 48.0 Å². The fourth-order valence-electron chi connectivity index (χ4n) is 2.06. The van der Waals surface area contributed by atoms with Gasteiger partial charge in [0, 0.05) is 25.4 Å². The monoisotopic (exact) mass is 246 g/mol. The number of hydrogen-bond acceptors (Lipinski definition) is 3. The zero-order chi connectivity index (χ0) is 13.0. The molecule has 4 nitrogen and oxygen atoms in total. The number of benzene rings is 1. The lowest BCUT2D eigenvalue weighted by Crippen LogP contribution is -2.10. The summed E-state index contributed by atoms with van der Waals surface area (Å²) in [6, 6.07) is 7.72. The molecule has 2 rings (SSSR count). The zero-order valence-corrected chi connectivity index (χ0v) is 10.7. The Morgan fingerprint density at radius 3 is 2.89 bits per heavy atom. The molecule has 1 heterocycles. The molecule has 0 amide bonds. The van der Waals surface area contributed by atoms with E-state index in [-0.39, 0.29) is 0 Å². The summed E-state index contributed by atoms with van der Waals surface area (Å²) in [6.07, 6.45) is 3.47. The van der Waals surface area contributed by atoms with Crippen LogP contribution in [0.4, 0.5) is 0 Å². The minimum atomic E-state index is -0.615. The summed E-state index contributed by atoms with van der Waals surface area (Å²) in [5, 5.41) is 10.3. The predicted molar refractivity (Wildman–Crippen MR) is 69.6 cm³/mol. The number of aromatic nitrogens is 2. The van der Waals surface area contributed by atoms with Crippen LogP contribution in [0.5, 0.6) is 5.75 Å². The first-order valence-electron chi connectivity index (χ1n) is 6.07. The second-order valence-corrected chi connectivity index (χ2v) is 4.10. The van der Waals surface area contributed by atoms with Crippen molar-refractivity contribution in [2.45, 2.75) is 26.0 Å². The number of methoxy groups -OCH3 is 1. The highest BCUT2D eigenvalue weighted by atomic mass is 16.5. The summed E-state index contributed by atoms with van der Waals surface area (Å²) in [4.78, 5) is 4.21. The maximum Gasteiger partial charge on any atom is 0.137 e. The van der Waals surface area contributed by atoms with E-state index in [2.05, 4.69) is 4.98 Å². The number of aliphatic hydroxyl groups excluding tert-OH is 1. The van der Waals surface area contributed by atoms with Gasteiger partial charge in [0.25, 0.3) is 0 Å². The predicted octanol–water partition coefficient (Wildman–Crippen LogP) is 2.19. The Bertz CT molecular complexity index is 508. The molecular weight excluding hydrogens is 228 g/mol. The van der Waals surface area contributed by atoms with Crippen molar-refractivity contribution in [3.63, 3.8) is 0 Å². The fourth-order valence-corrected chi connectivity index (χ4v) is 2.06. The van der Waals surface area contributed by atoms with Crippen LogP contribution >= 0.6 is 0 Å². The molecule has 0 radical (unpaired) electrons. The minimum absolute atomic E-state index is 0.501. The van der Waals surface area contributed by atoms with Crippen LogP contribution in [0.1, 0.15) is 24.4 Å². The molecule has 0 fully saturated rings. The Balaban J connectivity index is 2.18. The van der Waals surface area contributed by atoms with E-state index in [1.165, 1.54) is 0 Å². The maximum atomic E-state index is 10.3. The molecule has 0 saturated heterocycles. The Kier molecular flexibility index (Phi) is 3.99. The van der Waals surface area contributed by atoms with Crippen molar-refractivity contribution in [1.82, 2.24) is 9.55 Å². The number of imidazole rings is 1. The van der Waals surface area contributed by atoms with Gasteiger partial charge in [0.15, 0.2) is 0 Å². The van der Waals surface area contributed by atoms with Crippen molar-refractivity contribution in [1.29, 1.82) is 0 Å². The van der Waals surface area contributed by atoms with Crippen molar-refractivity contribution in [2.75, 3.05) is 7.11 Å². The van der Waals surface area contributed by atoms with Gasteiger partial charge in [-0.3, -0.25) is 0 Å². The molecule has 18 heavy (non-hydrogen) atoms. The Morgan fingerprint density at radius 2 is 2.17 bits per heavy atom. The van der Waals surface area contributed by atoms with Gasteiger partial charge < -0.3 is 14.4 Å². The van der Waals surface area contributed by atoms with Crippen LogP contribution in [0.25, 0.3) is 0 Å². The summed E-state index contributed by atoms with van der Waals surface area (Å²) >= 11 is 0.